The molecule has 2 heteroatoms. The van der Waals surface area contributed by atoms with E-state index in [2.05, 4.69) is 47.8 Å². The minimum atomic E-state index is 0.528. The summed E-state index contributed by atoms with van der Waals surface area (Å²) in [5, 5.41) is 3.67. The third-order valence-corrected chi connectivity index (χ3v) is 4.14. The SMILES string of the molecule is COc1ccc(CC(CNC2CC2)c2ccccc2)cc1. The summed E-state index contributed by atoms with van der Waals surface area (Å²) < 4.78 is 5.23. The summed E-state index contributed by atoms with van der Waals surface area (Å²) in [6.45, 7) is 1.06. The molecule has 0 bridgehead atoms. The fourth-order valence-electron chi connectivity index (χ4n) is 2.68. The van der Waals surface area contributed by atoms with Gasteiger partial charge in [-0.25, -0.2) is 0 Å². The van der Waals surface area contributed by atoms with Gasteiger partial charge in [0.1, 0.15) is 5.75 Å². The molecule has 2 aromatic rings. The highest BCUT2D eigenvalue weighted by Crippen LogP contribution is 2.24. The number of benzene rings is 2. The molecule has 0 amide bonds. The maximum atomic E-state index is 5.23. The predicted molar refractivity (Wildman–Crippen MR) is 86.9 cm³/mol. The van der Waals surface area contributed by atoms with Crippen molar-refractivity contribution in [2.75, 3.05) is 13.7 Å². The fourth-order valence-corrected chi connectivity index (χ4v) is 2.68. The van der Waals surface area contributed by atoms with Crippen LogP contribution in [0.15, 0.2) is 54.6 Å². The molecule has 1 N–H and O–H groups in total. The molecule has 0 aromatic heterocycles. The molecule has 3 rings (SSSR count). The van der Waals surface area contributed by atoms with E-state index in [0.717, 1.165) is 24.8 Å². The van der Waals surface area contributed by atoms with Gasteiger partial charge in [0.05, 0.1) is 7.11 Å². The van der Waals surface area contributed by atoms with Gasteiger partial charge in [-0.3, -0.25) is 0 Å². The zero-order chi connectivity index (χ0) is 14.5. The Morgan fingerprint density at radius 2 is 1.76 bits per heavy atom. The van der Waals surface area contributed by atoms with Gasteiger partial charge >= 0.3 is 0 Å². The van der Waals surface area contributed by atoms with Crippen molar-refractivity contribution in [3.05, 3.63) is 65.7 Å². The summed E-state index contributed by atoms with van der Waals surface area (Å²) in [5.41, 5.74) is 2.78. The van der Waals surface area contributed by atoms with Crippen LogP contribution in [0.5, 0.6) is 5.75 Å². The maximum absolute atomic E-state index is 5.23. The first kappa shape index (κ1) is 14.2. The average molecular weight is 281 g/mol. The van der Waals surface area contributed by atoms with Crippen molar-refractivity contribution < 1.29 is 4.74 Å². The second-order valence-electron chi connectivity index (χ2n) is 5.84. The Hall–Kier alpha value is -1.80. The number of ether oxygens (including phenoxy) is 1. The summed E-state index contributed by atoms with van der Waals surface area (Å²) >= 11 is 0. The van der Waals surface area contributed by atoms with Crippen molar-refractivity contribution in [3.8, 4) is 5.75 Å². The Morgan fingerprint density at radius 1 is 1.05 bits per heavy atom. The highest BCUT2D eigenvalue weighted by molar-refractivity contribution is 5.30. The van der Waals surface area contributed by atoms with Gasteiger partial charge in [-0.1, -0.05) is 42.5 Å². The van der Waals surface area contributed by atoms with Crippen LogP contribution < -0.4 is 10.1 Å². The molecule has 1 fully saturated rings. The van der Waals surface area contributed by atoms with E-state index in [0.29, 0.717) is 5.92 Å². The van der Waals surface area contributed by atoms with Crippen LogP contribution in [0.3, 0.4) is 0 Å². The predicted octanol–water partition coefficient (Wildman–Crippen LogP) is 3.77. The molecule has 0 spiro atoms. The Bertz CT molecular complexity index is 546. The van der Waals surface area contributed by atoms with Crippen molar-refractivity contribution in [1.29, 1.82) is 0 Å². The zero-order valence-electron chi connectivity index (χ0n) is 12.6. The van der Waals surface area contributed by atoms with Gasteiger partial charge in [0.2, 0.25) is 0 Å². The number of nitrogens with one attached hydrogen (secondary N) is 1. The van der Waals surface area contributed by atoms with Crippen molar-refractivity contribution in [3.63, 3.8) is 0 Å². The Kier molecular flexibility index (Phi) is 4.56. The van der Waals surface area contributed by atoms with Gasteiger partial charge in [0.25, 0.3) is 0 Å². The summed E-state index contributed by atoms with van der Waals surface area (Å²) in [7, 11) is 1.71. The lowest BCUT2D eigenvalue weighted by atomic mass is 9.92. The molecule has 0 aliphatic heterocycles. The van der Waals surface area contributed by atoms with Crippen molar-refractivity contribution in [1.82, 2.24) is 5.32 Å². The van der Waals surface area contributed by atoms with E-state index in [4.69, 9.17) is 4.74 Å². The minimum Gasteiger partial charge on any atom is -0.497 e. The molecule has 2 aromatic carbocycles. The normalized spacial score (nSPS) is 15.7. The van der Waals surface area contributed by atoms with Gasteiger partial charge in [0, 0.05) is 18.5 Å². The first-order valence-corrected chi connectivity index (χ1v) is 7.76. The van der Waals surface area contributed by atoms with Crippen molar-refractivity contribution in [2.24, 2.45) is 0 Å². The van der Waals surface area contributed by atoms with E-state index in [-0.39, 0.29) is 0 Å². The third-order valence-electron chi connectivity index (χ3n) is 4.14. The molecule has 0 radical (unpaired) electrons. The first-order valence-electron chi connectivity index (χ1n) is 7.76. The van der Waals surface area contributed by atoms with E-state index >= 15 is 0 Å². The van der Waals surface area contributed by atoms with Crippen molar-refractivity contribution in [2.45, 2.75) is 31.2 Å². The van der Waals surface area contributed by atoms with Crippen LogP contribution in [0.1, 0.15) is 29.9 Å². The smallest absolute Gasteiger partial charge is 0.118 e. The summed E-state index contributed by atoms with van der Waals surface area (Å²) in [6, 6.07) is 20.0. The van der Waals surface area contributed by atoms with Gasteiger partial charge < -0.3 is 10.1 Å². The number of hydrogen-bond donors (Lipinski definition) is 1. The van der Waals surface area contributed by atoms with Crippen molar-refractivity contribution >= 4 is 0 Å². The van der Waals surface area contributed by atoms with Crippen LogP contribution in [0, 0.1) is 0 Å². The monoisotopic (exact) mass is 281 g/mol. The zero-order valence-corrected chi connectivity index (χ0v) is 12.6. The van der Waals surface area contributed by atoms with Crippen LogP contribution in [0.25, 0.3) is 0 Å². The lowest BCUT2D eigenvalue weighted by Gasteiger charge is -2.18. The molecule has 0 heterocycles. The molecule has 110 valence electrons. The summed E-state index contributed by atoms with van der Waals surface area (Å²) in [6.07, 6.45) is 3.74. The Balaban J connectivity index is 1.70. The standard InChI is InChI=1S/C19H23NO/c1-21-19-11-7-15(8-12-19)13-17(14-20-18-9-10-18)16-5-3-2-4-6-16/h2-8,11-12,17-18,20H,9-10,13-14H2,1H3. The molecule has 2 nitrogen and oxygen atoms in total. The topological polar surface area (TPSA) is 21.3 Å². The van der Waals surface area contributed by atoms with Gasteiger partial charge in [-0.05, 0) is 42.5 Å². The maximum Gasteiger partial charge on any atom is 0.118 e. The Morgan fingerprint density at radius 3 is 2.38 bits per heavy atom. The van der Waals surface area contributed by atoms with E-state index in [9.17, 15) is 0 Å². The third kappa shape index (κ3) is 4.08. The molecule has 1 aliphatic carbocycles. The van der Waals surface area contributed by atoms with Crippen LogP contribution in [0.4, 0.5) is 0 Å². The lowest BCUT2D eigenvalue weighted by Crippen LogP contribution is -2.24. The number of hydrogen-bond acceptors (Lipinski definition) is 2. The molecule has 1 unspecified atom stereocenters. The average Bonchev–Trinajstić information content (AvgIpc) is 3.37. The van der Waals surface area contributed by atoms with E-state index in [1.807, 2.05) is 12.1 Å². The number of methoxy groups -OCH3 is 1. The van der Waals surface area contributed by atoms with Gasteiger partial charge in [0.15, 0.2) is 0 Å². The van der Waals surface area contributed by atoms with E-state index in [1.165, 1.54) is 24.0 Å². The van der Waals surface area contributed by atoms with Gasteiger partial charge in [-0.2, -0.15) is 0 Å². The molecular weight excluding hydrogens is 258 g/mol. The second-order valence-corrected chi connectivity index (χ2v) is 5.84. The largest absolute Gasteiger partial charge is 0.497 e. The van der Waals surface area contributed by atoms with Gasteiger partial charge in [-0.15, -0.1) is 0 Å². The molecule has 1 saturated carbocycles. The van der Waals surface area contributed by atoms with E-state index in [1.54, 1.807) is 7.11 Å². The summed E-state index contributed by atoms with van der Waals surface area (Å²) in [5.74, 6) is 1.45. The minimum absolute atomic E-state index is 0.528. The van der Waals surface area contributed by atoms with E-state index < -0.39 is 0 Å². The molecular formula is C19H23NO. The van der Waals surface area contributed by atoms with Crippen LogP contribution in [-0.4, -0.2) is 19.7 Å². The van der Waals surface area contributed by atoms with Crippen LogP contribution in [0.2, 0.25) is 0 Å². The molecule has 1 aliphatic rings. The number of rotatable bonds is 7. The fraction of sp³-hybridized carbons (Fsp3) is 0.368. The quantitative estimate of drug-likeness (QED) is 0.834. The van der Waals surface area contributed by atoms with Crippen LogP contribution >= 0.6 is 0 Å². The Labute approximate surface area is 127 Å². The molecule has 0 saturated heterocycles. The summed E-state index contributed by atoms with van der Waals surface area (Å²) in [4.78, 5) is 0. The first-order chi connectivity index (χ1) is 10.3. The second kappa shape index (κ2) is 6.77. The highest BCUT2D eigenvalue weighted by atomic mass is 16.5. The highest BCUT2D eigenvalue weighted by Gasteiger charge is 2.22. The molecule has 1 atom stereocenters. The molecule has 21 heavy (non-hydrogen) atoms. The van der Waals surface area contributed by atoms with Crippen LogP contribution in [-0.2, 0) is 6.42 Å². The lowest BCUT2D eigenvalue weighted by molar-refractivity contribution is 0.414.